The van der Waals surface area contributed by atoms with E-state index >= 15 is 0 Å². The van der Waals surface area contributed by atoms with E-state index in [2.05, 4.69) is 5.32 Å². The topological polar surface area (TPSA) is 73.1 Å². The Hall–Kier alpha value is -2.67. The van der Waals surface area contributed by atoms with Crippen molar-refractivity contribution in [1.29, 1.82) is 0 Å². The fourth-order valence-electron chi connectivity index (χ4n) is 4.03. The Morgan fingerprint density at radius 1 is 1.13 bits per heavy atom. The molecule has 0 saturated carbocycles. The van der Waals surface area contributed by atoms with Crippen LogP contribution in [0.2, 0.25) is 0 Å². The van der Waals surface area contributed by atoms with E-state index in [1.165, 1.54) is 25.3 Å². The summed E-state index contributed by atoms with van der Waals surface area (Å²) in [6.07, 6.45) is 4.74. The first kappa shape index (κ1) is 20.6. The standard InChI is InChI=1S/C23H27N3O3S/c1-3-15(2)24-19(27)14-26-22-20(17-11-7-8-12-18(17)30-22)21(28)25(23(26)29)13-16-9-5-4-6-10-16/h4-6,9-10,15H,3,7-8,11-14H2,1-2H3,(H,24,27). The van der Waals surface area contributed by atoms with Crippen LogP contribution in [0.3, 0.4) is 0 Å². The van der Waals surface area contributed by atoms with Crippen molar-refractivity contribution in [3.05, 3.63) is 67.2 Å². The predicted octanol–water partition coefficient (Wildman–Crippen LogP) is 3.07. The van der Waals surface area contributed by atoms with Crippen molar-refractivity contribution < 1.29 is 4.79 Å². The Labute approximate surface area is 179 Å². The SMILES string of the molecule is CCC(C)NC(=O)Cn1c(=O)n(Cc2ccccc2)c(=O)c2c3c(sc21)CCCC3. The first-order valence-corrected chi connectivity index (χ1v) is 11.4. The largest absolute Gasteiger partial charge is 0.352 e. The van der Waals surface area contributed by atoms with Crippen molar-refractivity contribution in [3.63, 3.8) is 0 Å². The molecule has 158 valence electrons. The monoisotopic (exact) mass is 425 g/mol. The van der Waals surface area contributed by atoms with E-state index < -0.39 is 5.69 Å². The predicted molar refractivity (Wildman–Crippen MR) is 120 cm³/mol. The van der Waals surface area contributed by atoms with Gasteiger partial charge in [-0.05, 0) is 50.2 Å². The molecule has 0 spiro atoms. The zero-order chi connectivity index (χ0) is 21.3. The van der Waals surface area contributed by atoms with Gasteiger partial charge in [0.25, 0.3) is 5.56 Å². The molecule has 1 amide bonds. The normalized spacial score (nSPS) is 14.5. The minimum Gasteiger partial charge on any atom is -0.352 e. The molecule has 2 aromatic heterocycles. The average Bonchev–Trinajstić information content (AvgIpc) is 3.14. The Morgan fingerprint density at radius 2 is 1.87 bits per heavy atom. The van der Waals surface area contributed by atoms with E-state index in [0.29, 0.717) is 10.2 Å². The molecule has 0 saturated heterocycles. The van der Waals surface area contributed by atoms with E-state index in [9.17, 15) is 14.4 Å². The van der Waals surface area contributed by atoms with Crippen molar-refractivity contribution in [2.75, 3.05) is 0 Å². The van der Waals surface area contributed by atoms with Gasteiger partial charge in [0.1, 0.15) is 11.4 Å². The number of carbonyl (C=O) groups is 1. The van der Waals surface area contributed by atoms with Gasteiger partial charge in [-0.1, -0.05) is 37.3 Å². The number of hydrogen-bond acceptors (Lipinski definition) is 4. The second-order valence-electron chi connectivity index (χ2n) is 8.01. The van der Waals surface area contributed by atoms with Crippen LogP contribution in [0.15, 0.2) is 39.9 Å². The van der Waals surface area contributed by atoms with Crippen molar-refractivity contribution in [3.8, 4) is 0 Å². The number of nitrogens with one attached hydrogen (secondary N) is 1. The van der Waals surface area contributed by atoms with Crippen LogP contribution in [-0.4, -0.2) is 21.1 Å². The molecule has 1 aromatic carbocycles. The zero-order valence-corrected chi connectivity index (χ0v) is 18.3. The van der Waals surface area contributed by atoms with Gasteiger partial charge in [0.05, 0.1) is 11.9 Å². The quantitative estimate of drug-likeness (QED) is 0.660. The van der Waals surface area contributed by atoms with E-state index in [4.69, 9.17) is 0 Å². The molecule has 1 aliphatic rings. The Kier molecular flexibility index (Phi) is 5.90. The van der Waals surface area contributed by atoms with Gasteiger partial charge in [-0.2, -0.15) is 0 Å². The first-order valence-electron chi connectivity index (χ1n) is 10.6. The number of carbonyl (C=O) groups excluding carboxylic acids is 1. The van der Waals surface area contributed by atoms with Gasteiger partial charge in [0.15, 0.2) is 0 Å². The smallest absolute Gasteiger partial charge is 0.332 e. The Balaban J connectivity index is 1.88. The fourth-order valence-corrected chi connectivity index (χ4v) is 5.40. The van der Waals surface area contributed by atoms with Crippen molar-refractivity contribution in [1.82, 2.24) is 14.5 Å². The number of benzene rings is 1. The second-order valence-corrected chi connectivity index (χ2v) is 9.10. The zero-order valence-electron chi connectivity index (χ0n) is 17.4. The number of amides is 1. The summed E-state index contributed by atoms with van der Waals surface area (Å²) in [5, 5.41) is 3.56. The van der Waals surface area contributed by atoms with Crippen LogP contribution in [0.1, 0.15) is 49.1 Å². The van der Waals surface area contributed by atoms with Crippen molar-refractivity contribution in [2.24, 2.45) is 0 Å². The lowest BCUT2D eigenvalue weighted by atomic mass is 9.97. The number of hydrogen-bond donors (Lipinski definition) is 1. The molecule has 0 aliphatic heterocycles. The van der Waals surface area contributed by atoms with Gasteiger partial charge in [-0.3, -0.25) is 18.7 Å². The second kappa shape index (κ2) is 8.60. The van der Waals surface area contributed by atoms with E-state index in [0.717, 1.165) is 43.2 Å². The highest BCUT2D eigenvalue weighted by Crippen LogP contribution is 2.34. The lowest BCUT2D eigenvalue weighted by molar-refractivity contribution is -0.122. The summed E-state index contributed by atoms with van der Waals surface area (Å²) in [5.74, 6) is -0.205. The molecule has 4 rings (SSSR count). The summed E-state index contributed by atoms with van der Waals surface area (Å²) in [5.41, 5.74) is 1.30. The number of thiophene rings is 1. The molecule has 30 heavy (non-hydrogen) atoms. The molecule has 1 unspecified atom stereocenters. The van der Waals surface area contributed by atoms with Gasteiger partial charge < -0.3 is 5.32 Å². The molecule has 7 heteroatoms. The number of aromatic nitrogens is 2. The third-order valence-corrected chi connectivity index (χ3v) is 7.14. The summed E-state index contributed by atoms with van der Waals surface area (Å²) in [4.78, 5) is 41.2. The maximum atomic E-state index is 13.4. The molecule has 1 aliphatic carbocycles. The van der Waals surface area contributed by atoms with E-state index in [1.54, 1.807) is 0 Å². The highest BCUT2D eigenvalue weighted by molar-refractivity contribution is 7.18. The molecule has 3 aromatic rings. The van der Waals surface area contributed by atoms with Gasteiger partial charge in [0, 0.05) is 10.9 Å². The minimum absolute atomic E-state index is 0.0375. The molecule has 6 nitrogen and oxygen atoms in total. The Morgan fingerprint density at radius 3 is 2.60 bits per heavy atom. The fraction of sp³-hybridized carbons (Fsp3) is 0.435. The third-order valence-electron chi connectivity index (χ3n) is 5.82. The van der Waals surface area contributed by atoms with Gasteiger partial charge in [-0.25, -0.2) is 4.79 Å². The molecular formula is C23H27N3O3S. The van der Waals surface area contributed by atoms with Crippen LogP contribution in [0.25, 0.3) is 10.2 Å². The number of nitrogens with zero attached hydrogens (tertiary/aromatic N) is 2. The van der Waals surface area contributed by atoms with E-state index in [-0.39, 0.29) is 30.6 Å². The molecule has 0 radical (unpaired) electrons. The van der Waals surface area contributed by atoms with Crippen LogP contribution in [0, 0.1) is 0 Å². The molecule has 0 fully saturated rings. The van der Waals surface area contributed by atoms with Crippen LogP contribution in [-0.2, 0) is 30.7 Å². The Bertz CT molecular complexity index is 1190. The van der Waals surface area contributed by atoms with Crippen LogP contribution in [0.4, 0.5) is 0 Å². The summed E-state index contributed by atoms with van der Waals surface area (Å²) in [6, 6.07) is 9.53. The molecule has 0 bridgehead atoms. The maximum absolute atomic E-state index is 13.4. The minimum atomic E-state index is -0.422. The first-order chi connectivity index (χ1) is 14.5. The molecular weight excluding hydrogens is 398 g/mol. The maximum Gasteiger partial charge on any atom is 0.332 e. The van der Waals surface area contributed by atoms with Crippen LogP contribution < -0.4 is 16.6 Å². The van der Waals surface area contributed by atoms with E-state index in [1.807, 2.05) is 44.2 Å². The lowest BCUT2D eigenvalue weighted by Crippen LogP contribution is -2.43. The summed E-state index contributed by atoms with van der Waals surface area (Å²) >= 11 is 1.51. The summed E-state index contributed by atoms with van der Waals surface area (Å²) in [6.45, 7) is 4.07. The van der Waals surface area contributed by atoms with Gasteiger partial charge in [0.2, 0.25) is 5.91 Å². The third kappa shape index (κ3) is 3.86. The van der Waals surface area contributed by atoms with Crippen LogP contribution >= 0.6 is 11.3 Å². The molecule has 1 N–H and O–H groups in total. The lowest BCUT2D eigenvalue weighted by Gasteiger charge is -2.15. The van der Waals surface area contributed by atoms with Crippen LogP contribution in [0.5, 0.6) is 0 Å². The van der Waals surface area contributed by atoms with Gasteiger partial charge in [-0.15, -0.1) is 11.3 Å². The molecule has 2 heterocycles. The van der Waals surface area contributed by atoms with Crippen molar-refractivity contribution >= 4 is 27.5 Å². The molecule has 1 atom stereocenters. The average molecular weight is 426 g/mol. The number of aryl methyl sites for hydroxylation is 2. The summed E-state index contributed by atoms with van der Waals surface area (Å²) in [7, 11) is 0. The number of fused-ring (bicyclic) bond motifs is 3. The van der Waals surface area contributed by atoms with Crippen molar-refractivity contribution in [2.45, 2.75) is 65.1 Å². The highest BCUT2D eigenvalue weighted by atomic mass is 32.1. The van der Waals surface area contributed by atoms with Gasteiger partial charge >= 0.3 is 5.69 Å². The number of rotatable bonds is 6. The highest BCUT2D eigenvalue weighted by Gasteiger charge is 2.24. The summed E-state index contributed by atoms with van der Waals surface area (Å²) < 4.78 is 2.79.